The third-order valence-electron chi connectivity index (χ3n) is 2.52. The summed E-state index contributed by atoms with van der Waals surface area (Å²) in [6, 6.07) is 2.04. The molecule has 4 heteroatoms. The Balaban J connectivity index is 2.18. The number of amides is 1. The average molecular weight is 187 g/mol. The molecule has 4 nitrogen and oxygen atoms in total. The molecule has 0 saturated carbocycles. The minimum absolute atomic E-state index is 0.0935. The lowest BCUT2D eigenvalue weighted by Crippen LogP contribution is -2.44. The molecule has 1 aliphatic carbocycles. The van der Waals surface area contributed by atoms with Crippen LogP contribution in [0.25, 0.3) is 6.08 Å². The second-order valence-electron chi connectivity index (χ2n) is 3.41. The van der Waals surface area contributed by atoms with Gasteiger partial charge in [-0.05, 0) is 12.1 Å². The Morgan fingerprint density at radius 3 is 3.36 bits per heavy atom. The zero-order valence-electron chi connectivity index (χ0n) is 7.45. The standard InChI is InChI=1S/C10H9N3O/c14-9-5-12-8-2-1-7-6(3-4-11-7)10(8)13-9/h1-4,8,11-12H,5H2. The number of rotatable bonds is 0. The van der Waals surface area contributed by atoms with Gasteiger partial charge in [-0.15, -0.1) is 0 Å². The minimum atomic E-state index is -0.0984. The number of fused-ring (bicyclic) bond motifs is 3. The van der Waals surface area contributed by atoms with Crippen molar-refractivity contribution in [1.29, 1.82) is 0 Å². The number of H-pyrrole nitrogens is 1. The maximum absolute atomic E-state index is 11.2. The second kappa shape index (κ2) is 2.65. The maximum atomic E-state index is 11.2. The largest absolute Gasteiger partial charge is 0.361 e. The van der Waals surface area contributed by atoms with Crippen molar-refractivity contribution in [3.8, 4) is 0 Å². The molecule has 70 valence electrons. The zero-order chi connectivity index (χ0) is 9.54. The number of aromatic amines is 1. The molecule has 0 fully saturated rings. The molecule has 1 unspecified atom stereocenters. The molecular weight excluding hydrogens is 178 g/mol. The van der Waals surface area contributed by atoms with Gasteiger partial charge in [0.05, 0.1) is 18.3 Å². The van der Waals surface area contributed by atoms with E-state index in [4.69, 9.17) is 0 Å². The summed E-state index contributed by atoms with van der Waals surface area (Å²) in [5.41, 5.74) is 2.88. The summed E-state index contributed by atoms with van der Waals surface area (Å²) in [6.07, 6.45) is 5.89. The van der Waals surface area contributed by atoms with Crippen molar-refractivity contribution in [1.82, 2.24) is 10.3 Å². The summed E-state index contributed by atoms with van der Waals surface area (Å²) >= 11 is 0. The minimum Gasteiger partial charge on any atom is -0.361 e. The summed E-state index contributed by atoms with van der Waals surface area (Å²) < 4.78 is 0. The lowest BCUT2D eigenvalue weighted by atomic mass is 9.96. The molecule has 1 atom stereocenters. The van der Waals surface area contributed by atoms with Gasteiger partial charge in [0.15, 0.2) is 0 Å². The van der Waals surface area contributed by atoms with E-state index in [1.165, 1.54) is 0 Å². The number of nitrogens with one attached hydrogen (secondary N) is 2. The maximum Gasteiger partial charge on any atom is 0.259 e. The summed E-state index contributed by atoms with van der Waals surface area (Å²) in [5.74, 6) is -0.0984. The quantitative estimate of drug-likeness (QED) is 0.615. The lowest BCUT2D eigenvalue weighted by Gasteiger charge is -2.23. The van der Waals surface area contributed by atoms with Gasteiger partial charge in [0.25, 0.3) is 5.91 Å². The molecule has 1 aromatic rings. The van der Waals surface area contributed by atoms with Crippen LogP contribution in [-0.2, 0) is 4.79 Å². The van der Waals surface area contributed by atoms with Crippen LogP contribution >= 0.6 is 0 Å². The SMILES string of the molecule is O=C1CNC2C=Cc3[nH]ccc3C2=N1. The normalized spacial score (nSPS) is 24.1. The molecule has 2 aliphatic rings. The van der Waals surface area contributed by atoms with Crippen LogP contribution < -0.4 is 5.32 Å². The molecule has 2 N–H and O–H groups in total. The van der Waals surface area contributed by atoms with Crippen LogP contribution in [0, 0.1) is 0 Å². The zero-order valence-corrected chi connectivity index (χ0v) is 7.45. The summed E-state index contributed by atoms with van der Waals surface area (Å²) in [7, 11) is 0. The molecular formula is C10H9N3O. The van der Waals surface area contributed by atoms with Crippen molar-refractivity contribution in [3.63, 3.8) is 0 Å². The van der Waals surface area contributed by atoms with E-state index in [9.17, 15) is 4.79 Å². The Morgan fingerprint density at radius 1 is 1.50 bits per heavy atom. The van der Waals surface area contributed by atoms with E-state index in [1.54, 1.807) is 0 Å². The van der Waals surface area contributed by atoms with Crippen LogP contribution in [0.3, 0.4) is 0 Å². The number of aromatic nitrogens is 1. The number of hydrogen-bond donors (Lipinski definition) is 2. The first kappa shape index (κ1) is 7.70. The molecule has 0 spiro atoms. The third-order valence-corrected chi connectivity index (χ3v) is 2.52. The predicted molar refractivity (Wildman–Crippen MR) is 53.2 cm³/mol. The highest BCUT2D eigenvalue weighted by molar-refractivity contribution is 6.15. The highest BCUT2D eigenvalue weighted by atomic mass is 16.1. The average Bonchev–Trinajstić information content (AvgIpc) is 2.65. The fourth-order valence-electron chi connectivity index (χ4n) is 1.86. The number of carbonyl (C=O) groups excluding carboxylic acids is 1. The van der Waals surface area contributed by atoms with Gasteiger partial charge in [0, 0.05) is 17.5 Å². The van der Waals surface area contributed by atoms with Crippen LogP contribution in [-0.4, -0.2) is 29.2 Å². The van der Waals surface area contributed by atoms with Crippen LogP contribution in [0.15, 0.2) is 23.3 Å². The molecule has 1 aliphatic heterocycles. The highest BCUT2D eigenvalue weighted by Crippen LogP contribution is 2.20. The van der Waals surface area contributed by atoms with Gasteiger partial charge >= 0.3 is 0 Å². The topological polar surface area (TPSA) is 57.2 Å². The van der Waals surface area contributed by atoms with Crippen molar-refractivity contribution in [2.45, 2.75) is 6.04 Å². The Bertz CT molecular complexity index is 456. The highest BCUT2D eigenvalue weighted by Gasteiger charge is 2.26. The molecule has 1 amide bonds. The number of nitrogens with zero attached hydrogens (tertiary/aromatic N) is 1. The molecule has 1 aromatic heterocycles. The van der Waals surface area contributed by atoms with E-state index in [0.717, 1.165) is 17.0 Å². The van der Waals surface area contributed by atoms with E-state index >= 15 is 0 Å². The number of hydrogen-bond acceptors (Lipinski definition) is 2. The van der Waals surface area contributed by atoms with Gasteiger partial charge in [-0.2, -0.15) is 0 Å². The van der Waals surface area contributed by atoms with E-state index < -0.39 is 0 Å². The number of carbonyl (C=O) groups is 1. The van der Waals surface area contributed by atoms with E-state index in [2.05, 4.69) is 15.3 Å². The van der Waals surface area contributed by atoms with Crippen LogP contribution in [0.5, 0.6) is 0 Å². The molecule has 0 bridgehead atoms. The van der Waals surface area contributed by atoms with Crippen LogP contribution in [0.1, 0.15) is 11.3 Å². The van der Waals surface area contributed by atoms with Gasteiger partial charge in [-0.25, -0.2) is 4.99 Å². The first-order valence-electron chi connectivity index (χ1n) is 4.55. The molecule has 2 heterocycles. The number of aliphatic imine (C=N–C) groups is 1. The second-order valence-corrected chi connectivity index (χ2v) is 3.41. The van der Waals surface area contributed by atoms with Crippen molar-refractivity contribution in [2.75, 3.05) is 6.54 Å². The lowest BCUT2D eigenvalue weighted by molar-refractivity contribution is -0.117. The van der Waals surface area contributed by atoms with Crippen LogP contribution in [0.2, 0.25) is 0 Å². The third kappa shape index (κ3) is 0.975. The summed E-state index contributed by atoms with van der Waals surface area (Å²) in [6.45, 7) is 0.332. The van der Waals surface area contributed by atoms with Crippen molar-refractivity contribution in [3.05, 3.63) is 29.6 Å². The van der Waals surface area contributed by atoms with Gasteiger partial charge in [-0.1, -0.05) is 6.08 Å². The van der Waals surface area contributed by atoms with Gasteiger partial charge in [0.2, 0.25) is 0 Å². The fraction of sp³-hybridized carbons (Fsp3) is 0.200. The molecule has 14 heavy (non-hydrogen) atoms. The Kier molecular flexibility index (Phi) is 1.46. The monoisotopic (exact) mass is 187 g/mol. The Morgan fingerprint density at radius 2 is 2.43 bits per heavy atom. The van der Waals surface area contributed by atoms with E-state index in [0.29, 0.717) is 6.54 Å². The van der Waals surface area contributed by atoms with Crippen LogP contribution in [0.4, 0.5) is 0 Å². The molecule has 0 radical (unpaired) electrons. The van der Waals surface area contributed by atoms with Gasteiger partial charge < -0.3 is 4.98 Å². The van der Waals surface area contributed by atoms with Gasteiger partial charge in [-0.3, -0.25) is 10.1 Å². The summed E-state index contributed by atoms with van der Waals surface area (Å²) in [4.78, 5) is 18.3. The van der Waals surface area contributed by atoms with Crippen molar-refractivity contribution < 1.29 is 4.79 Å². The molecule has 3 rings (SSSR count). The van der Waals surface area contributed by atoms with Gasteiger partial charge in [0.1, 0.15) is 0 Å². The molecule has 0 saturated heterocycles. The van der Waals surface area contributed by atoms with Crippen molar-refractivity contribution in [2.24, 2.45) is 4.99 Å². The van der Waals surface area contributed by atoms with Crippen molar-refractivity contribution >= 4 is 17.7 Å². The molecule has 0 aromatic carbocycles. The van der Waals surface area contributed by atoms with E-state index in [1.807, 2.05) is 24.4 Å². The Labute approximate surface area is 80.7 Å². The predicted octanol–water partition coefficient (Wildman–Crippen LogP) is 0.329. The fourth-order valence-corrected chi connectivity index (χ4v) is 1.86. The first-order valence-corrected chi connectivity index (χ1v) is 4.55. The summed E-state index contributed by atoms with van der Waals surface area (Å²) in [5, 5.41) is 3.12. The Hall–Kier alpha value is -1.68. The smallest absolute Gasteiger partial charge is 0.259 e. The first-order chi connectivity index (χ1) is 6.84. The van der Waals surface area contributed by atoms with E-state index in [-0.39, 0.29) is 11.9 Å².